The van der Waals surface area contributed by atoms with E-state index >= 15 is 0 Å². The lowest BCUT2D eigenvalue weighted by Crippen LogP contribution is -2.50. The van der Waals surface area contributed by atoms with Crippen LogP contribution in [0.4, 0.5) is 0 Å². The molecule has 1 rings (SSSR count). The standard InChI is InChI=1S/C13H22N2O2S/c1-9(12(17)15-13(2,3)4)14-8-10(16)11-6-5-7-18-11/h5-7,9-10,14,16H,8H2,1-4H3,(H,15,17). The number of hydrogen-bond donors (Lipinski definition) is 3. The van der Waals surface area contributed by atoms with Crippen LogP contribution in [0.2, 0.25) is 0 Å². The van der Waals surface area contributed by atoms with Crippen molar-refractivity contribution in [1.29, 1.82) is 0 Å². The van der Waals surface area contributed by atoms with Crippen molar-refractivity contribution in [2.45, 2.75) is 45.4 Å². The SMILES string of the molecule is CC(NCC(O)c1cccs1)C(=O)NC(C)(C)C. The molecule has 0 aliphatic carbocycles. The van der Waals surface area contributed by atoms with Crippen molar-refractivity contribution < 1.29 is 9.90 Å². The summed E-state index contributed by atoms with van der Waals surface area (Å²) in [5.41, 5.74) is -0.237. The second-order valence-electron chi connectivity index (χ2n) is 5.40. The van der Waals surface area contributed by atoms with E-state index in [9.17, 15) is 9.90 Å². The molecule has 102 valence electrons. The maximum atomic E-state index is 11.8. The summed E-state index contributed by atoms with van der Waals surface area (Å²) in [6, 6.07) is 3.47. The molecule has 1 heterocycles. The molecule has 2 atom stereocenters. The first-order valence-electron chi connectivity index (χ1n) is 6.06. The van der Waals surface area contributed by atoms with Gasteiger partial charge in [0.05, 0.1) is 6.04 Å². The van der Waals surface area contributed by atoms with E-state index < -0.39 is 6.10 Å². The van der Waals surface area contributed by atoms with Gasteiger partial charge in [0.1, 0.15) is 6.10 Å². The van der Waals surface area contributed by atoms with Gasteiger partial charge in [0.2, 0.25) is 5.91 Å². The lowest BCUT2D eigenvalue weighted by Gasteiger charge is -2.24. The first kappa shape index (κ1) is 15.1. The highest BCUT2D eigenvalue weighted by Gasteiger charge is 2.19. The number of aliphatic hydroxyl groups is 1. The fraction of sp³-hybridized carbons (Fsp3) is 0.615. The van der Waals surface area contributed by atoms with Crippen molar-refractivity contribution in [2.75, 3.05) is 6.54 Å². The molecular weight excluding hydrogens is 248 g/mol. The molecule has 3 N–H and O–H groups in total. The first-order valence-corrected chi connectivity index (χ1v) is 6.94. The van der Waals surface area contributed by atoms with Crippen LogP contribution in [0, 0.1) is 0 Å². The number of thiophene rings is 1. The first-order chi connectivity index (χ1) is 8.29. The summed E-state index contributed by atoms with van der Waals surface area (Å²) in [6.07, 6.45) is -0.560. The molecule has 4 nitrogen and oxygen atoms in total. The number of nitrogens with one attached hydrogen (secondary N) is 2. The molecule has 0 saturated heterocycles. The fourth-order valence-corrected chi connectivity index (χ4v) is 2.15. The fourth-order valence-electron chi connectivity index (χ4n) is 1.44. The molecule has 1 amide bonds. The second-order valence-corrected chi connectivity index (χ2v) is 6.38. The predicted octanol–water partition coefficient (Wildman–Crippen LogP) is 1.67. The predicted molar refractivity (Wildman–Crippen MR) is 74.6 cm³/mol. The second kappa shape index (κ2) is 6.31. The van der Waals surface area contributed by atoms with Crippen LogP contribution in [-0.2, 0) is 4.79 Å². The van der Waals surface area contributed by atoms with Gasteiger partial charge >= 0.3 is 0 Å². The van der Waals surface area contributed by atoms with Crippen molar-refractivity contribution in [3.05, 3.63) is 22.4 Å². The highest BCUT2D eigenvalue weighted by molar-refractivity contribution is 7.10. The van der Waals surface area contributed by atoms with Gasteiger partial charge in [-0.1, -0.05) is 6.07 Å². The Labute approximate surface area is 112 Å². The smallest absolute Gasteiger partial charge is 0.237 e. The van der Waals surface area contributed by atoms with Gasteiger partial charge in [-0.3, -0.25) is 4.79 Å². The average molecular weight is 270 g/mol. The van der Waals surface area contributed by atoms with E-state index in [1.165, 1.54) is 11.3 Å². The van der Waals surface area contributed by atoms with Crippen LogP contribution in [0.15, 0.2) is 17.5 Å². The Morgan fingerprint density at radius 1 is 1.50 bits per heavy atom. The number of aliphatic hydroxyl groups excluding tert-OH is 1. The van der Waals surface area contributed by atoms with E-state index in [4.69, 9.17) is 0 Å². The van der Waals surface area contributed by atoms with Crippen LogP contribution in [0.1, 0.15) is 38.7 Å². The summed E-state index contributed by atoms with van der Waals surface area (Å²) >= 11 is 1.51. The van der Waals surface area contributed by atoms with Crippen molar-refractivity contribution in [3.63, 3.8) is 0 Å². The Hall–Kier alpha value is -0.910. The Balaban J connectivity index is 2.37. The van der Waals surface area contributed by atoms with Crippen LogP contribution in [0.3, 0.4) is 0 Å². The van der Waals surface area contributed by atoms with Crippen LogP contribution in [0.25, 0.3) is 0 Å². The number of carbonyl (C=O) groups excluding carboxylic acids is 1. The van der Waals surface area contributed by atoms with E-state index in [0.29, 0.717) is 6.54 Å². The molecule has 0 bridgehead atoms. The van der Waals surface area contributed by atoms with Gasteiger partial charge in [0.25, 0.3) is 0 Å². The van der Waals surface area contributed by atoms with E-state index in [1.807, 2.05) is 38.3 Å². The van der Waals surface area contributed by atoms with Crippen molar-refractivity contribution >= 4 is 17.2 Å². The van der Waals surface area contributed by atoms with Crippen molar-refractivity contribution in [2.24, 2.45) is 0 Å². The monoisotopic (exact) mass is 270 g/mol. The van der Waals surface area contributed by atoms with E-state index in [2.05, 4.69) is 10.6 Å². The van der Waals surface area contributed by atoms with E-state index in [1.54, 1.807) is 6.92 Å². The maximum absolute atomic E-state index is 11.8. The number of amides is 1. The third kappa shape index (κ3) is 5.16. The van der Waals surface area contributed by atoms with Gasteiger partial charge in [-0.25, -0.2) is 0 Å². The Kier molecular flexibility index (Phi) is 5.31. The highest BCUT2D eigenvalue weighted by Crippen LogP contribution is 2.17. The third-order valence-corrected chi connectivity index (χ3v) is 3.35. The number of carbonyl (C=O) groups is 1. The molecule has 5 heteroatoms. The summed E-state index contributed by atoms with van der Waals surface area (Å²) < 4.78 is 0. The van der Waals surface area contributed by atoms with Crippen LogP contribution in [0.5, 0.6) is 0 Å². The lowest BCUT2D eigenvalue weighted by atomic mass is 10.1. The molecule has 1 aromatic heterocycles. The number of rotatable bonds is 5. The van der Waals surface area contributed by atoms with Crippen molar-refractivity contribution in [1.82, 2.24) is 10.6 Å². The minimum atomic E-state index is -0.560. The molecule has 0 saturated carbocycles. The van der Waals surface area contributed by atoms with E-state index in [-0.39, 0.29) is 17.5 Å². The summed E-state index contributed by atoms with van der Waals surface area (Å²) in [7, 11) is 0. The molecule has 0 radical (unpaired) electrons. The van der Waals surface area contributed by atoms with E-state index in [0.717, 1.165) is 4.88 Å². The zero-order chi connectivity index (χ0) is 13.8. The van der Waals surface area contributed by atoms with Gasteiger partial charge < -0.3 is 15.7 Å². The van der Waals surface area contributed by atoms with Gasteiger partial charge in [-0.05, 0) is 39.1 Å². The normalized spacial score (nSPS) is 15.2. The maximum Gasteiger partial charge on any atom is 0.237 e. The van der Waals surface area contributed by atoms with Crippen molar-refractivity contribution in [3.8, 4) is 0 Å². The zero-order valence-electron chi connectivity index (χ0n) is 11.4. The minimum absolute atomic E-state index is 0.0547. The summed E-state index contributed by atoms with van der Waals surface area (Å²) in [6.45, 7) is 8.00. The topological polar surface area (TPSA) is 61.4 Å². The third-order valence-electron chi connectivity index (χ3n) is 2.38. The lowest BCUT2D eigenvalue weighted by molar-refractivity contribution is -0.124. The largest absolute Gasteiger partial charge is 0.386 e. The Morgan fingerprint density at radius 3 is 2.67 bits per heavy atom. The average Bonchev–Trinajstić information content (AvgIpc) is 2.76. The molecule has 0 aromatic carbocycles. The van der Waals surface area contributed by atoms with Gasteiger partial charge in [-0.2, -0.15) is 0 Å². The summed E-state index contributed by atoms with van der Waals surface area (Å²) in [5.74, 6) is -0.0547. The minimum Gasteiger partial charge on any atom is -0.386 e. The van der Waals surface area contributed by atoms with Crippen LogP contribution in [-0.4, -0.2) is 29.1 Å². The Bertz CT molecular complexity index is 371. The quantitative estimate of drug-likeness (QED) is 0.763. The molecule has 0 fully saturated rings. The van der Waals surface area contributed by atoms with Crippen LogP contribution < -0.4 is 10.6 Å². The summed E-state index contributed by atoms with van der Waals surface area (Å²) in [5, 5.41) is 17.7. The van der Waals surface area contributed by atoms with Gasteiger partial charge in [0.15, 0.2) is 0 Å². The highest BCUT2D eigenvalue weighted by atomic mass is 32.1. The number of hydrogen-bond acceptors (Lipinski definition) is 4. The molecular formula is C13H22N2O2S. The molecule has 2 unspecified atom stereocenters. The molecule has 18 heavy (non-hydrogen) atoms. The molecule has 0 aliphatic heterocycles. The molecule has 1 aromatic rings. The van der Waals surface area contributed by atoms with Gasteiger partial charge in [-0.15, -0.1) is 11.3 Å². The zero-order valence-corrected chi connectivity index (χ0v) is 12.2. The molecule has 0 spiro atoms. The van der Waals surface area contributed by atoms with Crippen LogP contribution >= 0.6 is 11.3 Å². The Morgan fingerprint density at radius 2 is 2.17 bits per heavy atom. The summed E-state index contributed by atoms with van der Waals surface area (Å²) in [4.78, 5) is 12.7. The molecule has 0 aliphatic rings. The van der Waals surface area contributed by atoms with Gasteiger partial charge in [0, 0.05) is 17.0 Å².